The van der Waals surface area contributed by atoms with Gasteiger partial charge in [0, 0.05) is 32.6 Å². The minimum Gasteiger partial charge on any atom is -0.499 e. The van der Waals surface area contributed by atoms with Crippen LogP contribution in [0.4, 0.5) is 0 Å². The Morgan fingerprint density at radius 3 is 2.82 bits per heavy atom. The molecule has 0 aromatic carbocycles. The van der Waals surface area contributed by atoms with Crippen LogP contribution < -0.4 is 5.32 Å². The molecular formula is C8H14N2O. The lowest BCUT2D eigenvalue weighted by molar-refractivity contribution is 0.281. The second kappa shape index (κ2) is 3.13. The van der Waals surface area contributed by atoms with E-state index in [1.54, 1.807) is 0 Å². The normalized spacial score (nSPS) is 24.7. The maximum atomic E-state index is 5.19. The molecule has 2 rings (SSSR count). The molecule has 2 aliphatic rings. The SMILES string of the molecule is C1=C(N2CCNCC2)CCO1. The molecule has 1 N–H and O–H groups in total. The van der Waals surface area contributed by atoms with Gasteiger partial charge in [-0.2, -0.15) is 0 Å². The van der Waals surface area contributed by atoms with Gasteiger partial charge in [0.25, 0.3) is 0 Å². The number of piperazine rings is 1. The van der Waals surface area contributed by atoms with Crippen molar-refractivity contribution in [2.24, 2.45) is 0 Å². The number of hydrogen-bond donors (Lipinski definition) is 1. The molecule has 0 aliphatic carbocycles. The Balaban J connectivity index is 1.92. The van der Waals surface area contributed by atoms with E-state index in [0.717, 1.165) is 39.2 Å². The summed E-state index contributed by atoms with van der Waals surface area (Å²) in [6.45, 7) is 5.36. The molecule has 1 saturated heterocycles. The zero-order valence-electron chi connectivity index (χ0n) is 6.68. The standard InChI is InChI=1S/C8H14N2O/c1-6-11-7-8(1)10-4-2-9-3-5-10/h7,9H,1-6H2. The van der Waals surface area contributed by atoms with Crippen LogP contribution in [0.3, 0.4) is 0 Å². The molecule has 0 aromatic heterocycles. The molecule has 0 saturated carbocycles. The van der Waals surface area contributed by atoms with Crippen molar-refractivity contribution in [3.8, 4) is 0 Å². The third kappa shape index (κ3) is 1.48. The van der Waals surface area contributed by atoms with E-state index in [4.69, 9.17) is 4.74 Å². The summed E-state index contributed by atoms with van der Waals surface area (Å²) in [5, 5.41) is 3.33. The van der Waals surface area contributed by atoms with Crippen LogP contribution in [-0.2, 0) is 4.74 Å². The van der Waals surface area contributed by atoms with Gasteiger partial charge in [-0.15, -0.1) is 0 Å². The van der Waals surface area contributed by atoms with E-state index >= 15 is 0 Å². The van der Waals surface area contributed by atoms with Gasteiger partial charge in [0.15, 0.2) is 0 Å². The first-order valence-electron chi connectivity index (χ1n) is 4.23. The van der Waals surface area contributed by atoms with Crippen LogP contribution in [-0.4, -0.2) is 37.7 Å². The Morgan fingerprint density at radius 2 is 2.18 bits per heavy atom. The first-order chi connectivity index (χ1) is 5.47. The van der Waals surface area contributed by atoms with E-state index < -0.39 is 0 Å². The van der Waals surface area contributed by atoms with Gasteiger partial charge < -0.3 is 15.0 Å². The summed E-state index contributed by atoms with van der Waals surface area (Å²) in [6, 6.07) is 0. The maximum absolute atomic E-state index is 5.19. The topological polar surface area (TPSA) is 24.5 Å². The molecule has 3 heteroatoms. The number of nitrogens with zero attached hydrogens (tertiary/aromatic N) is 1. The Kier molecular flexibility index (Phi) is 1.99. The predicted molar refractivity (Wildman–Crippen MR) is 43.1 cm³/mol. The molecule has 0 amide bonds. The van der Waals surface area contributed by atoms with Crippen molar-refractivity contribution in [3.63, 3.8) is 0 Å². The molecule has 11 heavy (non-hydrogen) atoms. The molecule has 2 heterocycles. The summed E-state index contributed by atoms with van der Waals surface area (Å²) < 4.78 is 5.19. The lowest BCUT2D eigenvalue weighted by atomic mass is 10.3. The summed E-state index contributed by atoms with van der Waals surface area (Å²) in [5.41, 5.74) is 1.38. The second-order valence-electron chi connectivity index (χ2n) is 2.97. The molecule has 0 spiro atoms. The van der Waals surface area contributed by atoms with Crippen molar-refractivity contribution in [2.75, 3.05) is 32.8 Å². The summed E-state index contributed by atoms with van der Waals surface area (Å²) in [6.07, 6.45) is 3.01. The Hall–Kier alpha value is -0.700. The Bertz CT molecular complexity index is 161. The van der Waals surface area contributed by atoms with E-state index in [0.29, 0.717) is 0 Å². The van der Waals surface area contributed by atoms with Crippen molar-refractivity contribution in [1.29, 1.82) is 0 Å². The van der Waals surface area contributed by atoms with E-state index in [2.05, 4.69) is 10.2 Å². The van der Waals surface area contributed by atoms with Crippen molar-refractivity contribution >= 4 is 0 Å². The predicted octanol–water partition coefficient (Wildman–Crippen LogP) is 0.153. The monoisotopic (exact) mass is 154 g/mol. The van der Waals surface area contributed by atoms with Crippen LogP contribution in [0.1, 0.15) is 6.42 Å². The minimum absolute atomic E-state index is 0.874. The van der Waals surface area contributed by atoms with Crippen molar-refractivity contribution in [1.82, 2.24) is 10.2 Å². The highest BCUT2D eigenvalue weighted by Crippen LogP contribution is 2.15. The van der Waals surface area contributed by atoms with Gasteiger partial charge in [-0.1, -0.05) is 0 Å². The van der Waals surface area contributed by atoms with Crippen LogP contribution in [0.2, 0.25) is 0 Å². The van der Waals surface area contributed by atoms with E-state index in [9.17, 15) is 0 Å². The summed E-state index contributed by atoms with van der Waals surface area (Å²) >= 11 is 0. The summed E-state index contributed by atoms with van der Waals surface area (Å²) in [5.74, 6) is 0. The molecule has 0 radical (unpaired) electrons. The minimum atomic E-state index is 0.874. The smallest absolute Gasteiger partial charge is 0.102 e. The lowest BCUT2D eigenvalue weighted by Gasteiger charge is -2.29. The summed E-state index contributed by atoms with van der Waals surface area (Å²) in [4.78, 5) is 2.41. The average molecular weight is 154 g/mol. The van der Waals surface area contributed by atoms with Crippen molar-refractivity contribution in [2.45, 2.75) is 6.42 Å². The van der Waals surface area contributed by atoms with Gasteiger partial charge in [-0.25, -0.2) is 0 Å². The molecule has 62 valence electrons. The quantitative estimate of drug-likeness (QED) is 0.582. The van der Waals surface area contributed by atoms with E-state index in [1.807, 2.05) is 6.26 Å². The third-order valence-corrected chi connectivity index (χ3v) is 2.22. The fourth-order valence-corrected chi connectivity index (χ4v) is 1.56. The number of nitrogens with one attached hydrogen (secondary N) is 1. The second-order valence-corrected chi connectivity index (χ2v) is 2.97. The molecule has 0 unspecified atom stereocenters. The fraction of sp³-hybridized carbons (Fsp3) is 0.750. The van der Waals surface area contributed by atoms with E-state index in [1.165, 1.54) is 5.70 Å². The highest BCUT2D eigenvalue weighted by molar-refractivity contribution is 5.02. The first-order valence-corrected chi connectivity index (χ1v) is 4.23. The lowest BCUT2D eigenvalue weighted by Crippen LogP contribution is -2.42. The molecule has 2 aliphatic heterocycles. The zero-order valence-corrected chi connectivity index (χ0v) is 6.68. The van der Waals surface area contributed by atoms with Crippen LogP contribution in [0.15, 0.2) is 12.0 Å². The molecule has 0 bridgehead atoms. The molecular weight excluding hydrogens is 140 g/mol. The number of hydrogen-bond acceptors (Lipinski definition) is 3. The van der Waals surface area contributed by atoms with Crippen molar-refractivity contribution < 1.29 is 4.74 Å². The average Bonchev–Trinajstić information content (AvgIpc) is 2.58. The first kappa shape index (κ1) is 6.98. The van der Waals surface area contributed by atoms with Gasteiger partial charge in [0.1, 0.15) is 6.26 Å². The summed E-state index contributed by atoms with van der Waals surface area (Å²) in [7, 11) is 0. The third-order valence-electron chi connectivity index (χ3n) is 2.22. The zero-order chi connectivity index (χ0) is 7.52. The van der Waals surface area contributed by atoms with Crippen LogP contribution in [0, 0.1) is 0 Å². The van der Waals surface area contributed by atoms with E-state index in [-0.39, 0.29) is 0 Å². The Morgan fingerprint density at radius 1 is 1.36 bits per heavy atom. The molecule has 0 aromatic rings. The highest BCUT2D eigenvalue weighted by Gasteiger charge is 2.15. The van der Waals surface area contributed by atoms with Gasteiger partial charge in [-0.05, 0) is 0 Å². The van der Waals surface area contributed by atoms with Crippen LogP contribution >= 0.6 is 0 Å². The highest BCUT2D eigenvalue weighted by atomic mass is 16.5. The van der Waals surface area contributed by atoms with Crippen LogP contribution in [0.25, 0.3) is 0 Å². The maximum Gasteiger partial charge on any atom is 0.102 e. The largest absolute Gasteiger partial charge is 0.499 e. The molecule has 0 atom stereocenters. The van der Waals surface area contributed by atoms with Crippen molar-refractivity contribution in [3.05, 3.63) is 12.0 Å². The van der Waals surface area contributed by atoms with Crippen LogP contribution in [0.5, 0.6) is 0 Å². The Labute approximate surface area is 67.0 Å². The van der Waals surface area contributed by atoms with Gasteiger partial charge in [0.05, 0.1) is 12.3 Å². The van der Waals surface area contributed by atoms with Gasteiger partial charge >= 0.3 is 0 Å². The number of ether oxygens (including phenoxy) is 1. The number of rotatable bonds is 1. The molecule has 1 fully saturated rings. The fourth-order valence-electron chi connectivity index (χ4n) is 1.56. The van der Waals surface area contributed by atoms with Gasteiger partial charge in [-0.3, -0.25) is 0 Å². The van der Waals surface area contributed by atoms with Gasteiger partial charge in [0.2, 0.25) is 0 Å². The molecule has 3 nitrogen and oxygen atoms in total.